The van der Waals surface area contributed by atoms with Crippen LogP contribution in [0.5, 0.6) is 0 Å². The number of nitrogens with zero attached hydrogens (tertiary/aromatic N) is 1. The monoisotopic (exact) mass is 231 g/mol. The lowest BCUT2D eigenvalue weighted by Gasteiger charge is -2.30. The van der Waals surface area contributed by atoms with Gasteiger partial charge in [-0.15, -0.1) is 11.8 Å². The fourth-order valence-corrected chi connectivity index (χ4v) is 3.03. The quantitative estimate of drug-likeness (QED) is 0.797. The highest BCUT2D eigenvalue weighted by Gasteiger charge is 2.29. The predicted molar refractivity (Wildman–Crippen MR) is 64.0 cm³/mol. The van der Waals surface area contributed by atoms with Crippen molar-refractivity contribution in [3.05, 3.63) is 0 Å². The summed E-state index contributed by atoms with van der Waals surface area (Å²) < 4.78 is 0. The molecule has 4 heteroatoms. The van der Waals surface area contributed by atoms with Gasteiger partial charge >= 0.3 is 0 Å². The zero-order valence-electron chi connectivity index (χ0n) is 9.77. The van der Waals surface area contributed by atoms with Gasteiger partial charge in [-0.2, -0.15) is 0 Å². The lowest BCUT2D eigenvalue weighted by Crippen LogP contribution is -2.45. The maximum absolute atomic E-state index is 12.1. The zero-order chi connectivity index (χ0) is 11.4. The first kappa shape index (κ1) is 12.8. The number of aliphatic hydroxyl groups excluding tert-OH is 1. The van der Waals surface area contributed by atoms with Crippen LogP contribution in [-0.4, -0.2) is 45.6 Å². The fourth-order valence-electron chi connectivity index (χ4n) is 1.80. The third kappa shape index (κ3) is 3.68. The van der Waals surface area contributed by atoms with Gasteiger partial charge in [0.2, 0.25) is 5.91 Å². The van der Waals surface area contributed by atoms with Gasteiger partial charge in [-0.1, -0.05) is 0 Å². The lowest BCUT2D eigenvalue weighted by atomic mass is 10.2. The van der Waals surface area contributed by atoms with Crippen molar-refractivity contribution in [2.75, 3.05) is 12.3 Å². The molecule has 1 N–H and O–H groups in total. The summed E-state index contributed by atoms with van der Waals surface area (Å²) in [6, 6.07) is 0.174. The average molecular weight is 231 g/mol. The molecule has 1 aliphatic heterocycles. The first-order chi connectivity index (χ1) is 7.02. The number of hydrogen-bond donors (Lipinski definition) is 1. The molecule has 15 heavy (non-hydrogen) atoms. The minimum absolute atomic E-state index is 0.131. The number of thioether (sulfide) groups is 1. The van der Waals surface area contributed by atoms with E-state index in [0.717, 1.165) is 18.6 Å². The van der Waals surface area contributed by atoms with Gasteiger partial charge in [0.1, 0.15) is 0 Å². The van der Waals surface area contributed by atoms with Gasteiger partial charge < -0.3 is 10.0 Å². The Hall–Kier alpha value is -0.220. The topological polar surface area (TPSA) is 40.5 Å². The highest BCUT2D eigenvalue weighted by molar-refractivity contribution is 8.00. The SMILES string of the molecule is CC(O)CN(C(=O)C1CCCS1)C(C)C. The second kappa shape index (κ2) is 5.75. The van der Waals surface area contributed by atoms with Crippen LogP contribution >= 0.6 is 11.8 Å². The Bertz CT molecular complexity index is 213. The van der Waals surface area contributed by atoms with Crippen LogP contribution in [0, 0.1) is 0 Å². The Balaban J connectivity index is 2.57. The highest BCUT2D eigenvalue weighted by atomic mass is 32.2. The number of carbonyl (C=O) groups excluding carboxylic acids is 1. The lowest BCUT2D eigenvalue weighted by molar-refractivity contribution is -0.133. The number of rotatable bonds is 4. The second-order valence-corrected chi connectivity index (χ2v) is 5.75. The average Bonchev–Trinajstić information content (AvgIpc) is 2.65. The molecule has 1 rings (SSSR count). The van der Waals surface area contributed by atoms with Crippen LogP contribution in [0.15, 0.2) is 0 Å². The van der Waals surface area contributed by atoms with Crippen molar-refractivity contribution in [3.8, 4) is 0 Å². The molecule has 2 unspecified atom stereocenters. The maximum Gasteiger partial charge on any atom is 0.236 e. The van der Waals surface area contributed by atoms with E-state index in [9.17, 15) is 9.90 Å². The predicted octanol–water partition coefficient (Wildman–Crippen LogP) is 1.50. The van der Waals surface area contributed by atoms with Gasteiger partial charge in [0.05, 0.1) is 11.4 Å². The van der Waals surface area contributed by atoms with E-state index >= 15 is 0 Å². The fraction of sp³-hybridized carbons (Fsp3) is 0.909. The van der Waals surface area contributed by atoms with Crippen molar-refractivity contribution in [2.24, 2.45) is 0 Å². The summed E-state index contributed by atoms with van der Waals surface area (Å²) >= 11 is 1.75. The molecule has 2 atom stereocenters. The summed E-state index contributed by atoms with van der Waals surface area (Å²) in [7, 11) is 0. The summed E-state index contributed by atoms with van der Waals surface area (Å²) in [5.41, 5.74) is 0. The van der Waals surface area contributed by atoms with Crippen LogP contribution in [0.3, 0.4) is 0 Å². The minimum Gasteiger partial charge on any atom is -0.392 e. The van der Waals surface area contributed by atoms with E-state index in [0.29, 0.717) is 6.54 Å². The molecule has 0 aromatic rings. The molecular formula is C11H21NO2S. The molecule has 1 fully saturated rings. The van der Waals surface area contributed by atoms with Crippen LogP contribution in [0.1, 0.15) is 33.6 Å². The summed E-state index contributed by atoms with van der Waals surface area (Å²) in [5.74, 6) is 1.30. The third-order valence-corrected chi connectivity index (χ3v) is 3.94. The van der Waals surface area contributed by atoms with E-state index in [4.69, 9.17) is 0 Å². The van der Waals surface area contributed by atoms with E-state index < -0.39 is 6.10 Å². The molecular weight excluding hydrogens is 210 g/mol. The Morgan fingerprint density at radius 1 is 1.53 bits per heavy atom. The van der Waals surface area contributed by atoms with E-state index in [1.54, 1.807) is 23.6 Å². The highest BCUT2D eigenvalue weighted by Crippen LogP contribution is 2.28. The van der Waals surface area contributed by atoms with E-state index in [-0.39, 0.29) is 17.2 Å². The molecule has 1 amide bonds. The van der Waals surface area contributed by atoms with Crippen LogP contribution in [0.4, 0.5) is 0 Å². The minimum atomic E-state index is -0.442. The first-order valence-corrected chi connectivity index (χ1v) is 6.67. The van der Waals surface area contributed by atoms with Gasteiger partial charge in [0.15, 0.2) is 0 Å². The number of aliphatic hydroxyl groups is 1. The molecule has 0 aliphatic carbocycles. The van der Waals surface area contributed by atoms with Crippen molar-refractivity contribution in [3.63, 3.8) is 0 Å². The van der Waals surface area contributed by atoms with Crippen LogP contribution in [0.25, 0.3) is 0 Å². The summed E-state index contributed by atoms with van der Waals surface area (Å²) in [5, 5.41) is 9.49. The second-order valence-electron chi connectivity index (χ2n) is 4.44. The molecule has 1 heterocycles. The van der Waals surface area contributed by atoms with Crippen molar-refractivity contribution in [1.29, 1.82) is 0 Å². The Labute approximate surface area is 96.2 Å². The Morgan fingerprint density at radius 2 is 2.20 bits per heavy atom. The number of hydrogen-bond acceptors (Lipinski definition) is 3. The van der Waals surface area contributed by atoms with Gasteiger partial charge in [0.25, 0.3) is 0 Å². The van der Waals surface area contributed by atoms with Gasteiger partial charge in [-0.3, -0.25) is 4.79 Å². The number of carbonyl (C=O) groups is 1. The van der Waals surface area contributed by atoms with Crippen LogP contribution in [-0.2, 0) is 4.79 Å². The first-order valence-electron chi connectivity index (χ1n) is 5.62. The smallest absolute Gasteiger partial charge is 0.236 e. The van der Waals surface area contributed by atoms with Gasteiger partial charge in [0, 0.05) is 12.6 Å². The molecule has 0 radical (unpaired) electrons. The van der Waals surface area contributed by atoms with Crippen molar-refractivity contribution < 1.29 is 9.90 Å². The van der Waals surface area contributed by atoms with Crippen LogP contribution in [0.2, 0.25) is 0 Å². The molecule has 0 aromatic heterocycles. The van der Waals surface area contributed by atoms with E-state index in [1.807, 2.05) is 13.8 Å². The maximum atomic E-state index is 12.1. The van der Waals surface area contributed by atoms with Gasteiger partial charge in [-0.25, -0.2) is 0 Å². The van der Waals surface area contributed by atoms with Crippen LogP contribution < -0.4 is 0 Å². The van der Waals surface area contributed by atoms with E-state index in [1.165, 1.54) is 0 Å². The Kier molecular flexibility index (Phi) is 4.93. The zero-order valence-corrected chi connectivity index (χ0v) is 10.6. The molecule has 1 saturated heterocycles. The summed E-state index contributed by atoms with van der Waals surface area (Å²) in [4.78, 5) is 13.9. The largest absolute Gasteiger partial charge is 0.392 e. The molecule has 0 saturated carbocycles. The van der Waals surface area contributed by atoms with Crippen molar-refractivity contribution in [1.82, 2.24) is 4.90 Å². The van der Waals surface area contributed by atoms with Crippen molar-refractivity contribution >= 4 is 17.7 Å². The summed E-state index contributed by atoms with van der Waals surface area (Å²) in [6.45, 7) is 6.18. The molecule has 0 aromatic carbocycles. The van der Waals surface area contributed by atoms with E-state index in [2.05, 4.69) is 0 Å². The Morgan fingerprint density at radius 3 is 2.60 bits per heavy atom. The molecule has 1 aliphatic rings. The molecule has 3 nitrogen and oxygen atoms in total. The normalized spacial score (nSPS) is 23.1. The standard InChI is InChI=1S/C11H21NO2S/c1-8(2)12(7-9(3)13)11(14)10-5-4-6-15-10/h8-10,13H,4-7H2,1-3H3. The third-order valence-electron chi connectivity index (χ3n) is 2.57. The number of amides is 1. The molecule has 88 valence electrons. The molecule has 0 spiro atoms. The molecule has 0 bridgehead atoms. The summed E-state index contributed by atoms with van der Waals surface area (Å²) in [6.07, 6.45) is 1.69. The van der Waals surface area contributed by atoms with Gasteiger partial charge in [-0.05, 0) is 39.4 Å². The van der Waals surface area contributed by atoms with Crippen molar-refractivity contribution in [2.45, 2.75) is 51.0 Å².